The Morgan fingerprint density at radius 3 is 2.97 bits per heavy atom. The average molecular weight is 390 g/mol. The van der Waals surface area contributed by atoms with E-state index in [0.717, 1.165) is 25.3 Å². The highest BCUT2D eigenvalue weighted by molar-refractivity contribution is 5.80. The topological polar surface area (TPSA) is 19.0 Å². The first kappa shape index (κ1) is 17.6. The van der Waals surface area contributed by atoms with Gasteiger partial charge in [-0.25, -0.2) is 0 Å². The standard InChI is InChI=1S/C25H31N3O/c1-26-14-15-28-22-10-13-27(17-21(22)20-7-3-8-23(26)25(20)28)12-4-6-18-5-2-9-24-19(18)11-16-29-24/h2-3,5,7-9,21-22H,4,6,10-17H2,1H3/t21-,22-/m0/s1. The molecule has 4 heterocycles. The molecule has 1 fully saturated rings. The first-order valence-electron chi connectivity index (χ1n) is 11.4. The van der Waals surface area contributed by atoms with E-state index in [-0.39, 0.29) is 0 Å². The van der Waals surface area contributed by atoms with Crippen LogP contribution in [0.3, 0.4) is 0 Å². The molecule has 2 aromatic rings. The Morgan fingerprint density at radius 2 is 2.00 bits per heavy atom. The summed E-state index contributed by atoms with van der Waals surface area (Å²) in [4.78, 5) is 7.90. The zero-order chi connectivity index (χ0) is 19.4. The number of piperidine rings is 1. The maximum atomic E-state index is 5.74. The summed E-state index contributed by atoms with van der Waals surface area (Å²) in [6.07, 6.45) is 4.81. The van der Waals surface area contributed by atoms with E-state index in [4.69, 9.17) is 4.74 Å². The molecule has 0 saturated carbocycles. The highest BCUT2D eigenvalue weighted by atomic mass is 16.5. The van der Waals surface area contributed by atoms with Crippen molar-refractivity contribution in [2.45, 2.75) is 37.6 Å². The van der Waals surface area contributed by atoms with Crippen molar-refractivity contribution in [1.82, 2.24) is 4.90 Å². The molecule has 152 valence electrons. The Labute approximate surface area is 174 Å². The fourth-order valence-corrected chi connectivity index (χ4v) is 6.20. The molecule has 0 bridgehead atoms. The number of anilines is 2. The predicted octanol–water partition coefficient (Wildman–Crippen LogP) is 3.68. The lowest BCUT2D eigenvalue weighted by atomic mass is 9.89. The fraction of sp³-hybridized carbons (Fsp3) is 0.520. The summed E-state index contributed by atoms with van der Waals surface area (Å²) >= 11 is 0. The van der Waals surface area contributed by atoms with Gasteiger partial charge in [-0.15, -0.1) is 0 Å². The van der Waals surface area contributed by atoms with Crippen LogP contribution >= 0.6 is 0 Å². The van der Waals surface area contributed by atoms with E-state index in [1.165, 1.54) is 67.9 Å². The summed E-state index contributed by atoms with van der Waals surface area (Å²) in [6.45, 7) is 6.86. The molecule has 0 unspecified atom stereocenters. The first-order valence-corrected chi connectivity index (χ1v) is 11.4. The fourth-order valence-electron chi connectivity index (χ4n) is 6.20. The molecule has 6 rings (SSSR count). The van der Waals surface area contributed by atoms with Gasteiger partial charge in [0.25, 0.3) is 0 Å². The largest absolute Gasteiger partial charge is 0.493 e. The molecule has 0 amide bonds. The van der Waals surface area contributed by atoms with Crippen LogP contribution in [0.2, 0.25) is 0 Å². The lowest BCUT2D eigenvalue weighted by Gasteiger charge is -2.41. The van der Waals surface area contributed by atoms with E-state index < -0.39 is 0 Å². The number of aryl methyl sites for hydroxylation is 1. The van der Waals surface area contributed by atoms with Crippen LogP contribution in [0.25, 0.3) is 0 Å². The van der Waals surface area contributed by atoms with E-state index >= 15 is 0 Å². The van der Waals surface area contributed by atoms with Gasteiger partial charge in [0.15, 0.2) is 0 Å². The molecule has 0 N–H and O–H groups in total. The van der Waals surface area contributed by atoms with Crippen molar-refractivity contribution in [2.75, 3.05) is 56.2 Å². The number of likely N-dealkylation sites (N-methyl/N-ethyl adjacent to an activating group) is 1. The number of nitrogens with zero attached hydrogens (tertiary/aromatic N) is 3. The van der Waals surface area contributed by atoms with E-state index in [1.54, 1.807) is 5.56 Å². The zero-order valence-electron chi connectivity index (χ0n) is 17.4. The summed E-state index contributed by atoms with van der Waals surface area (Å²) in [7, 11) is 2.24. The third-order valence-corrected chi connectivity index (χ3v) is 7.64. The average Bonchev–Trinajstić information content (AvgIpc) is 3.35. The molecule has 2 atom stereocenters. The number of ether oxygens (including phenoxy) is 1. The molecule has 0 spiro atoms. The number of rotatable bonds is 4. The number of para-hydroxylation sites is 1. The van der Waals surface area contributed by atoms with Crippen molar-refractivity contribution in [2.24, 2.45) is 0 Å². The molecule has 2 aromatic carbocycles. The molecule has 4 aliphatic rings. The lowest BCUT2D eigenvalue weighted by Crippen LogP contribution is -2.49. The third kappa shape index (κ3) is 2.83. The van der Waals surface area contributed by atoms with Gasteiger partial charge in [-0.2, -0.15) is 0 Å². The van der Waals surface area contributed by atoms with Gasteiger partial charge >= 0.3 is 0 Å². The van der Waals surface area contributed by atoms with Crippen LogP contribution in [-0.2, 0) is 12.8 Å². The Bertz CT molecular complexity index is 926. The van der Waals surface area contributed by atoms with E-state index in [2.05, 4.69) is 58.1 Å². The molecule has 0 radical (unpaired) electrons. The highest BCUT2D eigenvalue weighted by Gasteiger charge is 2.44. The van der Waals surface area contributed by atoms with Crippen molar-refractivity contribution in [3.8, 4) is 5.75 Å². The van der Waals surface area contributed by atoms with Gasteiger partial charge in [0.1, 0.15) is 5.75 Å². The summed E-state index contributed by atoms with van der Waals surface area (Å²) in [5.74, 6) is 1.80. The van der Waals surface area contributed by atoms with Crippen LogP contribution in [0.5, 0.6) is 5.75 Å². The second kappa shape index (κ2) is 6.94. The second-order valence-corrected chi connectivity index (χ2v) is 9.19. The minimum absolute atomic E-state index is 0.680. The molecule has 1 saturated heterocycles. The van der Waals surface area contributed by atoms with E-state index in [1.807, 2.05) is 0 Å². The molecule has 4 aliphatic heterocycles. The van der Waals surface area contributed by atoms with Crippen LogP contribution in [0.1, 0.15) is 35.4 Å². The van der Waals surface area contributed by atoms with Gasteiger partial charge in [0.2, 0.25) is 0 Å². The molecular formula is C25H31N3O. The number of likely N-dealkylation sites (tertiary alicyclic amines) is 1. The summed E-state index contributed by atoms with van der Waals surface area (Å²) in [6, 6.07) is 14.3. The number of hydrogen-bond donors (Lipinski definition) is 0. The van der Waals surface area contributed by atoms with Crippen molar-refractivity contribution in [1.29, 1.82) is 0 Å². The van der Waals surface area contributed by atoms with E-state index in [0.29, 0.717) is 12.0 Å². The SMILES string of the molecule is CN1CCN2c3c(cccc31)[C@@H]1CN(CCCc3cccc4c3CCO4)CC[C@@H]12. The molecule has 4 heteroatoms. The minimum Gasteiger partial charge on any atom is -0.493 e. The van der Waals surface area contributed by atoms with Gasteiger partial charge in [-0.1, -0.05) is 24.3 Å². The predicted molar refractivity (Wildman–Crippen MR) is 119 cm³/mol. The monoisotopic (exact) mass is 389 g/mol. The molecule has 0 aromatic heterocycles. The molecule has 0 aliphatic carbocycles. The summed E-state index contributed by atoms with van der Waals surface area (Å²) in [5.41, 5.74) is 7.54. The summed E-state index contributed by atoms with van der Waals surface area (Å²) < 4.78 is 5.74. The number of fused-ring (bicyclic) bond motifs is 4. The van der Waals surface area contributed by atoms with Crippen LogP contribution in [0, 0.1) is 0 Å². The Morgan fingerprint density at radius 1 is 1.07 bits per heavy atom. The summed E-state index contributed by atoms with van der Waals surface area (Å²) in [5, 5.41) is 0. The van der Waals surface area contributed by atoms with Crippen molar-refractivity contribution >= 4 is 11.4 Å². The van der Waals surface area contributed by atoms with Gasteiger partial charge in [-0.3, -0.25) is 0 Å². The van der Waals surface area contributed by atoms with Crippen LogP contribution in [0.4, 0.5) is 11.4 Å². The maximum Gasteiger partial charge on any atom is 0.122 e. The van der Waals surface area contributed by atoms with E-state index in [9.17, 15) is 0 Å². The number of hydrogen-bond acceptors (Lipinski definition) is 4. The number of benzene rings is 2. The van der Waals surface area contributed by atoms with Gasteiger partial charge < -0.3 is 19.4 Å². The smallest absolute Gasteiger partial charge is 0.122 e. The quantitative estimate of drug-likeness (QED) is 0.794. The second-order valence-electron chi connectivity index (χ2n) is 9.19. The van der Waals surface area contributed by atoms with Crippen LogP contribution in [-0.4, -0.2) is 57.3 Å². The zero-order valence-corrected chi connectivity index (χ0v) is 17.4. The lowest BCUT2D eigenvalue weighted by molar-refractivity contribution is 0.191. The molecule has 4 nitrogen and oxygen atoms in total. The highest BCUT2D eigenvalue weighted by Crippen LogP contribution is 2.50. The molecule has 29 heavy (non-hydrogen) atoms. The minimum atomic E-state index is 0.680. The third-order valence-electron chi connectivity index (χ3n) is 7.64. The Kier molecular flexibility index (Phi) is 4.22. The van der Waals surface area contributed by atoms with Crippen LogP contribution < -0.4 is 14.5 Å². The van der Waals surface area contributed by atoms with Gasteiger partial charge in [0, 0.05) is 57.2 Å². The van der Waals surface area contributed by atoms with Crippen molar-refractivity contribution in [3.05, 3.63) is 53.1 Å². The Hall–Kier alpha value is -2.20. The van der Waals surface area contributed by atoms with Gasteiger partial charge in [-0.05, 0) is 49.1 Å². The normalized spacial score (nSPS) is 24.9. The van der Waals surface area contributed by atoms with Crippen molar-refractivity contribution in [3.63, 3.8) is 0 Å². The molecular weight excluding hydrogens is 358 g/mol. The first-order chi connectivity index (χ1) is 14.3. The van der Waals surface area contributed by atoms with Crippen LogP contribution in [0.15, 0.2) is 36.4 Å². The van der Waals surface area contributed by atoms with Gasteiger partial charge in [0.05, 0.1) is 18.0 Å². The maximum absolute atomic E-state index is 5.74. The Balaban J connectivity index is 1.14. The van der Waals surface area contributed by atoms with Crippen molar-refractivity contribution < 1.29 is 4.74 Å².